The Morgan fingerprint density at radius 2 is 1.97 bits per heavy atom. The van der Waals surface area contributed by atoms with Crippen molar-refractivity contribution in [2.24, 2.45) is 5.92 Å². The Morgan fingerprint density at radius 3 is 2.73 bits per heavy atom. The molecule has 3 unspecified atom stereocenters. The molecule has 1 saturated carbocycles. The minimum Gasteiger partial charge on any atom is -0.504 e. The quantitative estimate of drug-likeness (QED) is 0.501. The molecular formula is C25H29N3O4S. The summed E-state index contributed by atoms with van der Waals surface area (Å²) < 4.78 is 2.98. The number of thiophene rings is 1. The van der Waals surface area contributed by atoms with Gasteiger partial charge in [0, 0.05) is 12.6 Å². The number of aromatic nitrogens is 1. The summed E-state index contributed by atoms with van der Waals surface area (Å²) in [7, 11) is 0. The number of hydrogen-bond donors (Lipinski definition) is 3. The average Bonchev–Trinajstić information content (AvgIpc) is 3.37. The van der Waals surface area contributed by atoms with E-state index in [-0.39, 0.29) is 35.9 Å². The molecule has 0 saturated heterocycles. The Kier molecular flexibility index (Phi) is 5.35. The minimum atomic E-state index is -1.11. The molecule has 1 aliphatic heterocycles. The summed E-state index contributed by atoms with van der Waals surface area (Å²) in [6.45, 7) is 4.50. The number of amides is 2. The maximum Gasteiger partial charge on any atom is 0.271 e. The zero-order valence-corrected chi connectivity index (χ0v) is 19.7. The van der Waals surface area contributed by atoms with Gasteiger partial charge in [-0.15, -0.1) is 11.3 Å². The molecule has 1 fully saturated rings. The predicted molar refractivity (Wildman–Crippen MR) is 127 cm³/mol. The van der Waals surface area contributed by atoms with Crippen LogP contribution in [0, 0.1) is 5.92 Å². The van der Waals surface area contributed by atoms with Crippen LogP contribution in [0.25, 0.3) is 10.2 Å². The Bertz CT molecular complexity index is 1230. The van der Waals surface area contributed by atoms with Crippen LogP contribution in [0.15, 0.2) is 35.7 Å². The molecule has 0 bridgehead atoms. The second-order valence-corrected chi connectivity index (χ2v) is 10.6. The van der Waals surface area contributed by atoms with E-state index in [4.69, 9.17) is 0 Å². The summed E-state index contributed by atoms with van der Waals surface area (Å²) in [6.07, 6.45) is 4.32. The molecule has 174 valence electrons. The van der Waals surface area contributed by atoms with Crippen molar-refractivity contribution < 1.29 is 19.8 Å². The van der Waals surface area contributed by atoms with E-state index >= 15 is 0 Å². The van der Waals surface area contributed by atoms with E-state index in [2.05, 4.69) is 12.2 Å². The first-order valence-electron chi connectivity index (χ1n) is 11.5. The number of aromatic hydroxyl groups is 2. The Morgan fingerprint density at radius 1 is 1.18 bits per heavy atom. The van der Waals surface area contributed by atoms with Gasteiger partial charge in [-0.3, -0.25) is 9.59 Å². The van der Waals surface area contributed by atoms with Crippen LogP contribution < -0.4 is 5.32 Å². The highest BCUT2D eigenvalue weighted by Crippen LogP contribution is 2.36. The summed E-state index contributed by atoms with van der Waals surface area (Å²) in [5, 5.41) is 24.9. The second-order valence-electron chi connectivity index (χ2n) is 9.62. The van der Waals surface area contributed by atoms with Gasteiger partial charge in [0.2, 0.25) is 5.91 Å². The van der Waals surface area contributed by atoms with Gasteiger partial charge in [0.15, 0.2) is 11.5 Å². The molecule has 2 aromatic heterocycles. The van der Waals surface area contributed by atoms with Gasteiger partial charge in [-0.25, -0.2) is 0 Å². The molecule has 7 nitrogen and oxygen atoms in total. The number of nitrogens with one attached hydrogen (secondary N) is 1. The number of hydrogen-bond acceptors (Lipinski definition) is 5. The van der Waals surface area contributed by atoms with Crippen molar-refractivity contribution in [3.63, 3.8) is 0 Å². The van der Waals surface area contributed by atoms with E-state index in [1.807, 2.05) is 29.0 Å². The van der Waals surface area contributed by atoms with Crippen molar-refractivity contribution in [1.29, 1.82) is 0 Å². The molecule has 33 heavy (non-hydrogen) atoms. The van der Waals surface area contributed by atoms with E-state index in [0.717, 1.165) is 29.5 Å². The van der Waals surface area contributed by atoms with Gasteiger partial charge >= 0.3 is 0 Å². The van der Waals surface area contributed by atoms with E-state index < -0.39 is 5.54 Å². The maximum absolute atomic E-state index is 13.8. The van der Waals surface area contributed by atoms with Crippen LogP contribution in [0.2, 0.25) is 0 Å². The molecule has 0 spiro atoms. The number of phenols is 2. The van der Waals surface area contributed by atoms with Crippen LogP contribution >= 0.6 is 11.3 Å². The standard InChI is InChI=1S/C25H29N3O4S/c1-15-5-3-4-6-17(15)26-24(32)25(2)14-27-18-9-10-33-22(18)12-19(27)23(31)28(25)13-16-7-8-20(29)21(30)11-16/h7-12,15,17,29-30H,3-6,13-14H2,1-2H3,(H,26,32). The lowest BCUT2D eigenvalue weighted by Crippen LogP contribution is -2.65. The van der Waals surface area contributed by atoms with Gasteiger partial charge in [0.25, 0.3) is 5.91 Å². The van der Waals surface area contributed by atoms with E-state index in [0.29, 0.717) is 23.7 Å². The summed E-state index contributed by atoms with van der Waals surface area (Å²) in [5.74, 6) is -0.432. The van der Waals surface area contributed by atoms with Crippen LogP contribution in [0.4, 0.5) is 0 Å². The lowest BCUT2D eigenvalue weighted by molar-refractivity contribution is -0.134. The summed E-state index contributed by atoms with van der Waals surface area (Å²) >= 11 is 1.58. The Hall–Kier alpha value is -3.00. The largest absolute Gasteiger partial charge is 0.504 e. The topological polar surface area (TPSA) is 94.8 Å². The van der Waals surface area contributed by atoms with Crippen molar-refractivity contribution in [3.8, 4) is 11.5 Å². The zero-order chi connectivity index (χ0) is 23.3. The Labute approximate surface area is 196 Å². The highest BCUT2D eigenvalue weighted by Gasteiger charge is 2.48. The fourth-order valence-corrected chi connectivity index (χ4v) is 6.05. The SMILES string of the molecule is CC1CCCCC1NC(=O)C1(C)Cn2c(cc3sccc32)C(=O)N1Cc1ccc(O)c(O)c1. The predicted octanol–water partition coefficient (Wildman–Crippen LogP) is 4.22. The van der Waals surface area contributed by atoms with Crippen LogP contribution in [-0.4, -0.2) is 43.1 Å². The molecule has 8 heteroatoms. The van der Waals surface area contributed by atoms with Gasteiger partial charge in [0.1, 0.15) is 11.2 Å². The molecule has 1 aromatic carbocycles. The number of rotatable bonds is 4. The number of carbonyl (C=O) groups is 2. The van der Waals surface area contributed by atoms with Gasteiger partial charge in [-0.05, 0) is 60.9 Å². The zero-order valence-electron chi connectivity index (χ0n) is 18.9. The number of phenolic OH excluding ortho intramolecular Hbond substituents is 2. The van der Waals surface area contributed by atoms with Crippen LogP contribution in [0.3, 0.4) is 0 Å². The van der Waals surface area contributed by atoms with Crippen molar-refractivity contribution in [2.75, 3.05) is 0 Å². The average molecular weight is 468 g/mol. The summed E-state index contributed by atoms with van der Waals surface area (Å²) in [5.41, 5.74) is 1.07. The van der Waals surface area contributed by atoms with E-state index in [9.17, 15) is 19.8 Å². The molecule has 0 radical (unpaired) electrons. The fraction of sp³-hybridized carbons (Fsp3) is 0.440. The highest BCUT2D eigenvalue weighted by molar-refractivity contribution is 7.17. The molecule has 2 amide bonds. The Balaban J connectivity index is 1.53. The van der Waals surface area contributed by atoms with Crippen molar-refractivity contribution >= 4 is 33.4 Å². The van der Waals surface area contributed by atoms with Gasteiger partial charge in [-0.1, -0.05) is 25.8 Å². The van der Waals surface area contributed by atoms with Crippen LogP contribution in [0.1, 0.15) is 55.6 Å². The van der Waals surface area contributed by atoms with Gasteiger partial charge < -0.3 is 25.0 Å². The summed E-state index contributed by atoms with van der Waals surface area (Å²) in [4.78, 5) is 29.1. The molecule has 3 aromatic rings. The lowest BCUT2D eigenvalue weighted by Gasteiger charge is -2.45. The van der Waals surface area contributed by atoms with Crippen molar-refractivity contribution in [3.05, 3.63) is 47.0 Å². The molecule has 1 aliphatic carbocycles. The number of benzene rings is 1. The summed E-state index contributed by atoms with van der Waals surface area (Å²) in [6, 6.07) is 8.49. The third-order valence-corrected chi connectivity index (χ3v) is 8.20. The molecule has 3 N–H and O–H groups in total. The minimum absolute atomic E-state index is 0.102. The maximum atomic E-state index is 13.8. The van der Waals surface area contributed by atoms with E-state index in [1.54, 1.807) is 22.3 Å². The first kappa shape index (κ1) is 21.8. The van der Waals surface area contributed by atoms with E-state index in [1.165, 1.54) is 18.6 Å². The smallest absolute Gasteiger partial charge is 0.271 e. The number of nitrogens with zero attached hydrogens (tertiary/aromatic N) is 2. The fourth-order valence-electron chi connectivity index (χ4n) is 5.23. The number of fused-ring (bicyclic) bond motifs is 3. The highest BCUT2D eigenvalue weighted by atomic mass is 32.1. The first-order chi connectivity index (χ1) is 15.8. The molecule has 5 rings (SSSR count). The molecule has 3 atom stereocenters. The first-order valence-corrected chi connectivity index (χ1v) is 12.4. The molecule has 3 heterocycles. The third-order valence-electron chi connectivity index (χ3n) is 7.35. The second kappa shape index (κ2) is 8.09. The van der Waals surface area contributed by atoms with Gasteiger partial charge in [0.05, 0.1) is 16.8 Å². The number of carbonyl (C=O) groups excluding carboxylic acids is 2. The molecule has 2 aliphatic rings. The van der Waals surface area contributed by atoms with Crippen molar-refractivity contribution in [1.82, 2.24) is 14.8 Å². The normalized spacial score (nSPS) is 25.3. The monoisotopic (exact) mass is 467 g/mol. The lowest BCUT2D eigenvalue weighted by atomic mass is 9.85. The third kappa shape index (κ3) is 3.66. The molecular weight excluding hydrogens is 438 g/mol. The van der Waals surface area contributed by atoms with Crippen LogP contribution in [0.5, 0.6) is 11.5 Å². The van der Waals surface area contributed by atoms with Crippen molar-refractivity contribution in [2.45, 2.75) is 64.2 Å². The van der Waals surface area contributed by atoms with Crippen LogP contribution in [-0.2, 0) is 17.9 Å². The van der Waals surface area contributed by atoms with Gasteiger partial charge in [-0.2, -0.15) is 0 Å².